The first-order chi connectivity index (χ1) is 10.6. The number of rotatable bonds is 7. The van der Waals surface area contributed by atoms with Crippen LogP contribution in [0.15, 0.2) is 22.0 Å². The number of likely N-dealkylation sites (N-methyl/N-ethyl adjacent to an activating group) is 1. The van der Waals surface area contributed by atoms with E-state index >= 15 is 0 Å². The van der Waals surface area contributed by atoms with Crippen LogP contribution in [0, 0.1) is 0 Å². The van der Waals surface area contributed by atoms with Crippen molar-refractivity contribution in [3.05, 3.63) is 23.4 Å². The van der Waals surface area contributed by atoms with Crippen molar-refractivity contribution in [2.45, 2.75) is 32.8 Å². The van der Waals surface area contributed by atoms with Crippen molar-refractivity contribution in [3.8, 4) is 10.7 Å². The van der Waals surface area contributed by atoms with Crippen LogP contribution < -0.4 is 5.32 Å². The van der Waals surface area contributed by atoms with E-state index in [-0.39, 0.29) is 18.7 Å². The normalized spacial score (nSPS) is 11.9. The van der Waals surface area contributed by atoms with Gasteiger partial charge >= 0.3 is 5.97 Å². The lowest BCUT2D eigenvalue weighted by molar-refractivity contribution is -0.154. The topological polar surface area (TPSA) is 94.3 Å². The van der Waals surface area contributed by atoms with Crippen LogP contribution in [0.2, 0.25) is 0 Å². The lowest BCUT2D eigenvalue weighted by atomic mass is 10.3. The first-order valence-electron chi connectivity index (χ1n) is 6.93. The van der Waals surface area contributed by atoms with Crippen LogP contribution in [0.1, 0.15) is 26.2 Å². The predicted octanol–water partition coefficient (Wildman–Crippen LogP) is 1.80. The lowest BCUT2D eigenvalue weighted by Gasteiger charge is -2.11. The summed E-state index contributed by atoms with van der Waals surface area (Å²) in [7, 11) is 0. The Balaban J connectivity index is 1.80. The molecule has 0 saturated heterocycles. The summed E-state index contributed by atoms with van der Waals surface area (Å²) in [5, 5.41) is 8.37. The molecule has 118 valence electrons. The second-order valence-corrected chi connectivity index (χ2v) is 5.46. The molecule has 0 aliphatic carbocycles. The average molecular weight is 323 g/mol. The van der Waals surface area contributed by atoms with Crippen molar-refractivity contribution in [3.63, 3.8) is 0 Å². The monoisotopic (exact) mass is 323 g/mol. The molecule has 0 saturated carbocycles. The van der Waals surface area contributed by atoms with Gasteiger partial charge in [-0.2, -0.15) is 4.98 Å². The van der Waals surface area contributed by atoms with Gasteiger partial charge in [-0.1, -0.05) is 11.2 Å². The number of aryl methyl sites for hydroxylation is 1. The number of carbonyl (C=O) groups is 2. The zero-order valence-electron chi connectivity index (χ0n) is 12.4. The molecule has 2 aromatic heterocycles. The molecule has 8 heteroatoms. The Morgan fingerprint density at radius 1 is 1.50 bits per heavy atom. The summed E-state index contributed by atoms with van der Waals surface area (Å²) in [6, 6.07) is 3.79. The number of amides is 1. The molecule has 0 spiro atoms. The summed E-state index contributed by atoms with van der Waals surface area (Å²) in [6.07, 6.45) is -0.452. The number of ether oxygens (including phenoxy) is 1. The fourth-order valence-electron chi connectivity index (χ4n) is 1.70. The fraction of sp³-hybridized carbons (Fsp3) is 0.429. The van der Waals surface area contributed by atoms with Gasteiger partial charge in [0.25, 0.3) is 5.91 Å². The number of esters is 1. The number of nitrogens with one attached hydrogen (secondary N) is 1. The highest BCUT2D eigenvalue weighted by Gasteiger charge is 2.18. The molecule has 7 nitrogen and oxygen atoms in total. The average Bonchev–Trinajstić information content (AvgIpc) is 3.16. The third-order valence-electron chi connectivity index (χ3n) is 2.78. The van der Waals surface area contributed by atoms with Crippen LogP contribution in [0.3, 0.4) is 0 Å². The molecule has 1 N–H and O–H groups in total. The highest BCUT2D eigenvalue weighted by molar-refractivity contribution is 7.13. The van der Waals surface area contributed by atoms with Gasteiger partial charge in [0.2, 0.25) is 11.7 Å². The Morgan fingerprint density at radius 2 is 2.32 bits per heavy atom. The number of thiophene rings is 1. The number of aromatic nitrogens is 2. The summed E-state index contributed by atoms with van der Waals surface area (Å²) in [5.74, 6) is 0.0864. The molecule has 0 aromatic carbocycles. The minimum absolute atomic E-state index is 0.0792. The molecule has 1 atom stereocenters. The van der Waals surface area contributed by atoms with Gasteiger partial charge < -0.3 is 14.6 Å². The Bertz CT molecular complexity index is 624. The zero-order valence-corrected chi connectivity index (χ0v) is 13.2. The van der Waals surface area contributed by atoms with Crippen molar-refractivity contribution in [1.82, 2.24) is 15.5 Å². The molecule has 2 heterocycles. The van der Waals surface area contributed by atoms with Crippen molar-refractivity contribution in [2.24, 2.45) is 0 Å². The van der Waals surface area contributed by atoms with E-state index in [4.69, 9.17) is 9.26 Å². The van der Waals surface area contributed by atoms with E-state index < -0.39 is 12.1 Å². The van der Waals surface area contributed by atoms with Crippen LogP contribution in [0.25, 0.3) is 10.7 Å². The second-order valence-electron chi connectivity index (χ2n) is 4.52. The first-order valence-corrected chi connectivity index (χ1v) is 7.81. The van der Waals surface area contributed by atoms with Crippen LogP contribution >= 0.6 is 11.3 Å². The molecule has 0 radical (unpaired) electrons. The molecule has 0 bridgehead atoms. The summed E-state index contributed by atoms with van der Waals surface area (Å²) < 4.78 is 10.1. The van der Waals surface area contributed by atoms with E-state index in [2.05, 4.69) is 15.5 Å². The Morgan fingerprint density at radius 3 is 3.00 bits per heavy atom. The first kappa shape index (κ1) is 16.2. The van der Waals surface area contributed by atoms with Crippen LogP contribution in [0.5, 0.6) is 0 Å². The maximum absolute atomic E-state index is 11.7. The maximum Gasteiger partial charge on any atom is 0.307 e. The van der Waals surface area contributed by atoms with Gasteiger partial charge in [0, 0.05) is 13.0 Å². The maximum atomic E-state index is 11.7. The van der Waals surface area contributed by atoms with E-state index in [1.54, 1.807) is 6.92 Å². The molecule has 2 rings (SSSR count). The largest absolute Gasteiger partial charge is 0.453 e. The zero-order chi connectivity index (χ0) is 15.9. The third kappa shape index (κ3) is 4.39. The second kappa shape index (κ2) is 7.69. The Labute approximate surface area is 131 Å². The van der Waals surface area contributed by atoms with E-state index in [1.165, 1.54) is 18.3 Å². The third-order valence-corrected chi connectivity index (χ3v) is 3.65. The molecule has 1 amide bonds. The number of nitrogens with zero attached hydrogens (tertiary/aromatic N) is 2. The van der Waals surface area contributed by atoms with Gasteiger partial charge in [-0.15, -0.1) is 11.3 Å². The van der Waals surface area contributed by atoms with Gasteiger partial charge in [0.1, 0.15) is 0 Å². The van der Waals surface area contributed by atoms with E-state index in [1.807, 2.05) is 17.5 Å². The number of hydrogen-bond acceptors (Lipinski definition) is 7. The van der Waals surface area contributed by atoms with Crippen LogP contribution in [-0.2, 0) is 20.7 Å². The molecule has 0 aliphatic rings. The standard InChI is InChI=1S/C14H17N3O4S/c1-3-15-14(19)9(2)20-12(18)7-6-11-16-13(17-21-11)10-5-4-8-22-10/h4-5,8-9H,3,6-7H2,1-2H3,(H,15,19)/t9-/m1/s1. The predicted molar refractivity (Wildman–Crippen MR) is 80.2 cm³/mol. The molecule has 0 fully saturated rings. The van der Waals surface area contributed by atoms with Gasteiger partial charge in [-0.25, -0.2) is 0 Å². The van der Waals surface area contributed by atoms with Crippen LogP contribution in [0.4, 0.5) is 0 Å². The summed E-state index contributed by atoms with van der Waals surface area (Å²) in [6.45, 7) is 3.83. The van der Waals surface area contributed by atoms with Crippen LogP contribution in [-0.4, -0.2) is 34.7 Å². The van der Waals surface area contributed by atoms with Gasteiger partial charge in [0.15, 0.2) is 6.10 Å². The Kier molecular flexibility index (Phi) is 5.65. The number of carbonyl (C=O) groups excluding carboxylic acids is 2. The molecule has 0 unspecified atom stereocenters. The minimum atomic E-state index is -0.809. The summed E-state index contributed by atoms with van der Waals surface area (Å²) >= 11 is 1.51. The van der Waals surface area contributed by atoms with E-state index in [0.717, 1.165) is 4.88 Å². The smallest absolute Gasteiger partial charge is 0.307 e. The summed E-state index contributed by atoms with van der Waals surface area (Å²) in [5.41, 5.74) is 0. The van der Waals surface area contributed by atoms with Crippen molar-refractivity contribution in [2.75, 3.05) is 6.54 Å². The van der Waals surface area contributed by atoms with Crippen molar-refractivity contribution < 1.29 is 18.8 Å². The number of hydrogen-bond donors (Lipinski definition) is 1. The molecule has 0 aliphatic heterocycles. The highest BCUT2D eigenvalue weighted by Crippen LogP contribution is 2.21. The Hall–Kier alpha value is -2.22. The highest BCUT2D eigenvalue weighted by atomic mass is 32.1. The molecule has 2 aromatic rings. The fourth-order valence-corrected chi connectivity index (χ4v) is 2.35. The van der Waals surface area contributed by atoms with Gasteiger partial charge in [-0.3, -0.25) is 9.59 Å². The summed E-state index contributed by atoms with van der Waals surface area (Å²) in [4.78, 5) is 28.3. The van der Waals surface area contributed by atoms with Gasteiger partial charge in [0.05, 0.1) is 11.3 Å². The SMILES string of the molecule is CCNC(=O)[C@@H](C)OC(=O)CCc1nc(-c2cccs2)no1. The van der Waals surface area contributed by atoms with Gasteiger partial charge in [-0.05, 0) is 25.3 Å². The lowest BCUT2D eigenvalue weighted by Crippen LogP contribution is -2.35. The van der Waals surface area contributed by atoms with Crippen molar-refractivity contribution in [1.29, 1.82) is 0 Å². The molecular weight excluding hydrogens is 306 g/mol. The minimum Gasteiger partial charge on any atom is -0.453 e. The van der Waals surface area contributed by atoms with Crippen molar-refractivity contribution >= 4 is 23.2 Å². The molecule has 22 heavy (non-hydrogen) atoms. The van der Waals surface area contributed by atoms with E-state index in [9.17, 15) is 9.59 Å². The van der Waals surface area contributed by atoms with E-state index in [0.29, 0.717) is 18.3 Å². The quantitative estimate of drug-likeness (QED) is 0.781. The molecular formula is C14H17N3O4S.